The van der Waals surface area contributed by atoms with Crippen molar-refractivity contribution in [2.75, 3.05) is 5.75 Å². The number of amides is 2. The van der Waals surface area contributed by atoms with Gasteiger partial charge >= 0.3 is 0 Å². The Morgan fingerprint density at radius 2 is 2.08 bits per heavy atom. The summed E-state index contributed by atoms with van der Waals surface area (Å²) in [6.07, 6.45) is 3.27. The maximum absolute atomic E-state index is 12.3. The second-order valence-electron chi connectivity index (χ2n) is 6.46. The first-order chi connectivity index (χ1) is 12.0. The molecule has 4 nitrogen and oxygen atoms in total. The number of carbonyl (C=O) groups is 2. The van der Waals surface area contributed by atoms with Crippen LogP contribution >= 0.6 is 23.1 Å². The highest BCUT2D eigenvalue weighted by Gasteiger charge is 2.20. The number of aryl methyl sites for hydroxylation is 2. The Bertz CT molecular complexity index is 785. The lowest BCUT2D eigenvalue weighted by molar-refractivity contribution is -0.119. The van der Waals surface area contributed by atoms with Crippen LogP contribution in [0, 0.1) is 12.8 Å². The number of hydrogen-bond acceptors (Lipinski definition) is 4. The summed E-state index contributed by atoms with van der Waals surface area (Å²) < 4.78 is 0. The SMILES string of the molecule is Cc1ccccc1SCC(=O)NNC(=O)c1cc2c(s1)CC[C@@H](C)C2. The summed E-state index contributed by atoms with van der Waals surface area (Å²) in [5, 5.41) is 0. The van der Waals surface area contributed by atoms with Crippen LogP contribution in [0.2, 0.25) is 0 Å². The molecule has 1 aliphatic rings. The third-order valence-electron chi connectivity index (χ3n) is 4.32. The molecule has 1 heterocycles. The number of thioether (sulfide) groups is 1. The summed E-state index contributed by atoms with van der Waals surface area (Å²) in [6.45, 7) is 4.26. The Kier molecular flexibility index (Phi) is 5.81. The number of thiophene rings is 1. The Morgan fingerprint density at radius 3 is 2.88 bits per heavy atom. The predicted molar refractivity (Wildman–Crippen MR) is 103 cm³/mol. The second kappa shape index (κ2) is 8.06. The minimum atomic E-state index is -0.235. The lowest BCUT2D eigenvalue weighted by Gasteiger charge is -2.16. The Balaban J connectivity index is 1.49. The van der Waals surface area contributed by atoms with Crippen LogP contribution in [0.3, 0.4) is 0 Å². The normalized spacial score (nSPS) is 16.2. The van der Waals surface area contributed by atoms with Gasteiger partial charge in [0.15, 0.2) is 0 Å². The summed E-state index contributed by atoms with van der Waals surface area (Å²) in [5.74, 6) is 0.498. The zero-order valence-electron chi connectivity index (χ0n) is 14.4. The van der Waals surface area contributed by atoms with Gasteiger partial charge in [-0.15, -0.1) is 23.1 Å². The lowest BCUT2D eigenvalue weighted by atomic mass is 9.90. The first-order valence-electron chi connectivity index (χ1n) is 8.42. The van der Waals surface area contributed by atoms with Gasteiger partial charge in [-0.3, -0.25) is 20.4 Å². The van der Waals surface area contributed by atoms with Gasteiger partial charge in [-0.1, -0.05) is 25.1 Å². The number of nitrogens with one attached hydrogen (secondary N) is 2. The molecular formula is C19H22N2O2S2. The summed E-state index contributed by atoms with van der Waals surface area (Å²) >= 11 is 3.00. The first kappa shape index (κ1) is 18.0. The quantitative estimate of drug-likeness (QED) is 0.633. The molecule has 2 amide bonds. The van der Waals surface area contributed by atoms with Crippen LogP contribution in [-0.4, -0.2) is 17.6 Å². The molecule has 1 aromatic carbocycles. The molecule has 0 bridgehead atoms. The average molecular weight is 375 g/mol. The van der Waals surface area contributed by atoms with E-state index in [4.69, 9.17) is 0 Å². The van der Waals surface area contributed by atoms with Crippen molar-refractivity contribution in [3.63, 3.8) is 0 Å². The molecule has 0 saturated carbocycles. The molecular weight excluding hydrogens is 352 g/mol. The lowest BCUT2D eigenvalue weighted by Crippen LogP contribution is -2.42. The van der Waals surface area contributed by atoms with Crippen molar-refractivity contribution in [3.05, 3.63) is 51.2 Å². The number of rotatable bonds is 4. The molecule has 2 aromatic rings. The number of benzene rings is 1. The molecule has 6 heteroatoms. The van der Waals surface area contributed by atoms with Crippen LogP contribution in [0.1, 0.15) is 39.0 Å². The second-order valence-corrected chi connectivity index (χ2v) is 8.62. The highest BCUT2D eigenvalue weighted by molar-refractivity contribution is 8.00. The molecule has 2 N–H and O–H groups in total. The first-order valence-corrected chi connectivity index (χ1v) is 10.2. The van der Waals surface area contributed by atoms with Crippen molar-refractivity contribution in [2.24, 2.45) is 5.92 Å². The number of hydrogen-bond donors (Lipinski definition) is 2. The van der Waals surface area contributed by atoms with E-state index in [0.29, 0.717) is 10.8 Å². The summed E-state index contributed by atoms with van der Waals surface area (Å²) in [5.41, 5.74) is 7.46. The molecule has 0 spiro atoms. The van der Waals surface area contributed by atoms with E-state index >= 15 is 0 Å². The van der Waals surface area contributed by atoms with E-state index in [0.717, 1.165) is 23.3 Å². The number of carbonyl (C=O) groups excluding carboxylic acids is 2. The Hall–Kier alpha value is -1.79. The molecule has 3 rings (SSSR count). The Morgan fingerprint density at radius 1 is 1.28 bits per heavy atom. The number of hydrazine groups is 1. The van der Waals surface area contributed by atoms with Gasteiger partial charge in [0, 0.05) is 9.77 Å². The summed E-state index contributed by atoms with van der Waals surface area (Å²) in [6, 6.07) is 9.90. The average Bonchev–Trinajstić information content (AvgIpc) is 3.02. The molecule has 1 aromatic heterocycles. The molecule has 0 unspecified atom stereocenters. The molecule has 132 valence electrons. The van der Waals surface area contributed by atoms with Crippen molar-refractivity contribution in [1.29, 1.82) is 0 Å². The fourth-order valence-corrected chi connectivity index (χ4v) is 4.84. The van der Waals surface area contributed by atoms with Crippen molar-refractivity contribution in [2.45, 2.75) is 38.0 Å². The summed E-state index contributed by atoms with van der Waals surface area (Å²) in [4.78, 5) is 27.3. The van der Waals surface area contributed by atoms with Crippen LogP contribution in [0.25, 0.3) is 0 Å². The zero-order chi connectivity index (χ0) is 17.8. The van der Waals surface area contributed by atoms with E-state index in [9.17, 15) is 9.59 Å². The van der Waals surface area contributed by atoms with Gasteiger partial charge in [0.05, 0.1) is 10.6 Å². The zero-order valence-corrected chi connectivity index (χ0v) is 16.1. The smallest absolute Gasteiger partial charge is 0.272 e. The van der Waals surface area contributed by atoms with Crippen molar-refractivity contribution in [3.8, 4) is 0 Å². The van der Waals surface area contributed by atoms with Crippen molar-refractivity contribution in [1.82, 2.24) is 10.9 Å². The minimum Gasteiger partial charge on any atom is -0.272 e. The van der Waals surface area contributed by atoms with Gasteiger partial charge in [-0.25, -0.2) is 0 Å². The van der Waals surface area contributed by atoms with Crippen LogP contribution in [0.4, 0.5) is 0 Å². The van der Waals surface area contributed by atoms with Gasteiger partial charge in [0.25, 0.3) is 5.91 Å². The largest absolute Gasteiger partial charge is 0.279 e. The molecule has 1 atom stereocenters. The highest BCUT2D eigenvalue weighted by Crippen LogP contribution is 2.32. The van der Waals surface area contributed by atoms with Gasteiger partial charge in [0.1, 0.15) is 0 Å². The third kappa shape index (κ3) is 4.64. The maximum Gasteiger partial charge on any atom is 0.279 e. The van der Waals surface area contributed by atoms with Gasteiger partial charge in [-0.2, -0.15) is 0 Å². The molecule has 1 aliphatic carbocycles. The third-order valence-corrected chi connectivity index (χ3v) is 6.73. The fraction of sp³-hybridized carbons (Fsp3) is 0.368. The fourth-order valence-electron chi connectivity index (χ4n) is 2.90. The molecule has 0 saturated heterocycles. The van der Waals surface area contributed by atoms with E-state index < -0.39 is 0 Å². The maximum atomic E-state index is 12.3. The van der Waals surface area contributed by atoms with Crippen LogP contribution in [0.15, 0.2) is 35.2 Å². The van der Waals surface area contributed by atoms with Gasteiger partial charge in [-0.05, 0) is 55.4 Å². The van der Waals surface area contributed by atoms with Gasteiger partial charge in [0.2, 0.25) is 5.91 Å². The van der Waals surface area contributed by atoms with Crippen molar-refractivity contribution >= 4 is 34.9 Å². The van der Waals surface area contributed by atoms with E-state index in [1.807, 2.05) is 37.3 Å². The molecule has 0 aliphatic heterocycles. The van der Waals surface area contributed by atoms with Crippen LogP contribution < -0.4 is 10.9 Å². The van der Waals surface area contributed by atoms with Crippen LogP contribution in [-0.2, 0) is 17.6 Å². The van der Waals surface area contributed by atoms with E-state index in [1.165, 1.54) is 28.6 Å². The Labute approximate surface area is 156 Å². The molecule has 0 radical (unpaired) electrons. The monoisotopic (exact) mass is 374 g/mol. The van der Waals surface area contributed by atoms with Gasteiger partial charge < -0.3 is 0 Å². The van der Waals surface area contributed by atoms with Crippen molar-refractivity contribution < 1.29 is 9.59 Å². The van der Waals surface area contributed by atoms with Crippen LogP contribution in [0.5, 0.6) is 0 Å². The minimum absolute atomic E-state index is 0.212. The number of fused-ring (bicyclic) bond motifs is 1. The van der Waals surface area contributed by atoms with E-state index in [2.05, 4.69) is 17.8 Å². The molecule has 0 fully saturated rings. The molecule has 25 heavy (non-hydrogen) atoms. The standard InChI is InChI=1S/C19H22N2O2S2/c1-12-7-8-16-14(9-12)10-17(25-16)19(23)21-20-18(22)11-24-15-6-4-3-5-13(15)2/h3-6,10,12H,7-9,11H2,1-2H3,(H,20,22)(H,21,23)/t12-/m1/s1. The predicted octanol–water partition coefficient (Wildman–Crippen LogP) is 3.73. The highest BCUT2D eigenvalue weighted by atomic mass is 32.2. The van der Waals surface area contributed by atoms with E-state index in [1.54, 1.807) is 11.3 Å². The topological polar surface area (TPSA) is 58.2 Å². The summed E-state index contributed by atoms with van der Waals surface area (Å²) in [7, 11) is 0. The van der Waals surface area contributed by atoms with E-state index in [-0.39, 0.29) is 17.6 Å².